The summed E-state index contributed by atoms with van der Waals surface area (Å²) in [4.78, 5) is 16.5. The predicted molar refractivity (Wildman–Crippen MR) is 98.1 cm³/mol. The number of urea groups is 1. The number of carbonyl (C=O) groups excluding carboxylic acids is 1. The van der Waals surface area contributed by atoms with Crippen molar-refractivity contribution >= 4 is 32.7 Å². The first-order chi connectivity index (χ1) is 11.7. The van der Waals surface area contributed by atoms with E-state index in [-0.39, 0.29) is 6.03 Å². The Kier molecular flexibility index (Phi) is 4.96. The van der Waals surface area contributed by atoms with Crippen molar-refractivity contribution in [3.8, 4) is 5.75 Å². The van der Waals surface area contributed by atoms with Crippen LogP contribution in [0.25, 0.3) is 10.2 Å². The predicted octanol–water partition coefficient (Wildman–Crippen LogP) is 3.98. The normalized spacial score (nSPS) is 10.6. The smallest absolute Gasteiger partial charge is 0.321 e. The number of anilines is 1. The van der Waals surface area contributed by atoms with Crippen molar-refractivity contribution in [2.45, 2.75) is 13.3 Å². The SMILES string of the molecule is COc1ccc(C)c2sc(NC(=O)NCCc3ccccc3)nc12. The maximum atomic E-state index is 12.0. The van der Waals surface area contributed by atoms with Gasteiger partial charge in [-0.15, -0.1) is 0 Å². The Balaban J connectivity index is 1.62. The number of thiazole rings is 1. The summed E-state index contributed by atoms with van der Waals surface area (Å²) >= 11 is 1.45. The Morgan fingerprint density at radius 3 is 2.75 bits per heavy atom. The molecular weight excluding hydrogens is 322 g/mol. The molecule has 3 rings (SSSR count). The van der Waals surface area contributed by atoms with Crippen LogP contribution < -0.4 is 15.4 Å². The number of fused-ring (bicyclic) bond motifs is 1. The van der Waals surface area contributed by atoms with Gasteiger partial charge in [0.15, 0.2) is 5.13 Å². The molecule has 0 fully saturated rings. The molecule has 5 nitrogen and oxygen atoms in total. The molecule has 24 heavy (non-hydrogen) atoms. The van der Waals surface area contributed by atoms with Gasteiger partial charge in [-0.1, -0.05) is 47.7 Å². The molecule has 0 aliphatic heterocycles. The van der Waals surface area contributed by atoms with Crippen LogP contribution in [0.5, 0.6) is 5.75 Å². The van der Waals surface area contributed by atoms with E-state index < -0.39 is 0 Å². The summed E-state index contributed by atoms with van der Waals surface area (Å²) in [5, 5.41) is 6.22. The van der Waals surface area contributed by atoms with Gasteiger partial charge in [-0.3, -0.25) is 5.32 Å². The molecule has 124 valence electrons. The van der Waals surface area contributed by atoms with Crippen LogP contribution in [0.3, 0.4) is 0 Å². The molecule has 0 spiro atoms. The van der Waals surface area contributed by atoms with E-state index in [1.54, 1.807) is 7.11 Å². The van der Waals surface area contributed by atoms with Gasteiger partial charge in [0.1, 0.15) is 11.3 Å². The summed E-state index contributed by atoms with van der Waals surface area (Å²) in [7, 11) is 1.62. The number of rotatable bonds is 5. The van der Waals surface area contributed by atoms with E-state index >= 15 is 0 Å². The molecule has 0 atom stereocenters. The zero-order valence-electron chi connectivity index (χ0n) is 13.6. The molecule has 0 saturated carbocycles. The molecule has 6 heteroatoms. The van der Waals surface area contributed by atoms with E-state index in [4.69, 9.17) is 4.74 Å². The first kappa shape index (κ1) is 16.3. The molecule has 0 aliphatic carbocycles. The summed E-state index contributed by atoms with van der Waals surface area (Å²) in [6.45, 7) is 2.59. The molecule has 0 bridgehead atoms. The minimum absolute atomic E-state index is 0.249. The van der Waals surface area contributed by atoms with Gasteiger partial charge in [0.2, 0.25) is 0 Å². The number of aromatic nitrogens is 1. The van der Waals surface area contributed by atoms with Crippen LogP contribution >= 0.6 is 11.3 Å². The molecule has 0 radical (unpaired) electrons. The molecule has 2 amide bonds. The van der Waals surface area contributed by atoms with Crippen molar-refractivity contribution in [3.63, 3.8) is 0 Å². The maximum absolute atomic E-state index is 12.0. The third-order valence-corrected chi connectivity index (χ3v) is 4.79. The van der Waals surface area contributed by atoms with Crippen LogP contribution in [0.15, 0.2) is 42.5 Å². The highest BCUT2D eigenvalue weighted by Crippen LogP contribution is 2.34. The molecule has 1 heterocycles. The lowest BCUT2D eigenvalue weighted by Gasteiger charge is -2.05. The number of amides is 2. The second-order valence-corrected chi connectivity index (χ2v) is 6.40. The van der Waals surface area contributed by atoms with E-state index in [9.17, 15) is 4.79 Å². The number of nitrogens with zero attached hydrogens (tertiary/aromatic N) is 1. The zero-order valence-corrected chi connectivity index (χ0v) is 14.4. The van der Waals surface area contributed by atoms with Crippen molar-refractivity contribution in [2.24, 2.45) is 0 Å². The molecular formula is C18H19N3O2S. The largest absolute Gasteiger partial charge is 0.494 e. The van der Waals surface area contributed by atoms with Crippen LogP contribution in [0.2, 0.25) is 0 Å². The lowest BCUT2D eigenvalue weighted by molar-refractivity contribution is 0.252. The molecule has 0 aliphatic rings. The fourth-order valence-electron chi connectivity index (χ4n) is 2.43. The molecule has 2 N–H and O–H groups in total. The Morgan fingerprint density at radius 1 is 1.21 bits per heavy atom. The second-order valence-electron chi connectivity index (χ2n) is 5.40. The molecule has 0 unspecified atom stereocenters. The summed E-state index contributed by atoms with van der Waals surface area (Å²) in [6.07, 6.45) is 0.793. The highest BCUT2D eigenvalue weighted by atomic mass is 32.1. The monoisotopic (exact) mass is 341 g/mol. The van der Waals surface area contributed by atoms with Gasteiger partial charge in [-0.25, -0.2) is 9.78 Å². The first-order valence-electron chi connectivity index (χ1n) is 7.70. The molecule has 0 saturated heterocycles. The van der Waals surface area contributed by atoms with Crippen molar-refractivity contribution in [1.82, 2.24) is 10.3 Å². The minimum atomic E-state index is -0.249. The number of hydrogen-bond acceptors (Lipinski definition) is 4. The van der Waals surface area contributed by atoms with Gasteiger partial charge in [-0.05, 0) is 30.5 Å². The van der Waals surface area contributed by atoms with Crippen molar-refractivity contribution < 1.29 is 9.53 Å². The Labute approximate surface area is 144 Å². The lowest BCUT2D eigenvalue weighted by Crippen LogP contribution is -2.30. The number of nitrogens with one attached hydrogen (secondary N) is 2. The topological polar surface area (TPSA) is 63.2 Å². The molecule has 3 aromatic rings. The van der Waals surface area contributed by atoms with Crippen LogP contribution in [-0.4, -0.2) is 24.7 Å². The summed E-state index contributed by atoms with van der Waals surface area (Å²) < 4.78 is 6.35. The Morgan fingerprint density at radius 2 is 2.00 bits per heavy atom. The minimum Gasteiger partial charge on any atom is -0.494 e. The summed E-state index contributed by atoms with van der Waals surface area (Å²) in [5.41, 5.74) is 3.08. The number of benzene rings is 2. The van der Waals surface area contributed by atoms with Crippen LogP contribution in [0.4, 0.5) is 9.93 Å². The van der Waals surface area contributed by atoms with Gasteiger partial charge in [0.25, 0.3) is 0 Å². The van der Waals surface area contributed by atoms with Gasteiger partial charge < -0.3 is 10.1 Å². The van der Waals surface area contributed by atoms with Crippen molar-refractivity contribution in [3.05, 3.63) is 53.6 Å². The Hall–Kier alpha value is -2.60. The van der Waals surface area contributed by atoms with Crippen molar-refractivity contribution in [2.75, 3.05) is 19.0 Å². The summed E-state index contributed by atoms with van der Waals surface area (Å²) in [6, 6.07) is 13.7. The van der Waals surface area contributed by atoms with Crippen molar-refractivity contribution in [1.29, 1.82) is 0 Å². The fourth-order valence-corrected chi connectivity index (χ4v) is 3.38. The number of hydrogen-bond donors (Lipinski definition) is 2. The lowest BCUT2D eigenvalue weighted by atomic mass is 10.1. The quantitative estimate of drug-likeness (QED) is 0.738. The van der Waals surface area contributed by atoms with Crippen LogP contribution in [0.1, 0.15) is 11.1 Å². The molecule has 1 aromatic heterocycles. The van der Waals surface area contributed by atoms with E-state index in [0.29, 0.717) is 17.4 Å². The van der Waals surface area contributed by atoms with Crippen LogP contribution in [0, 0.1) is 6.92 Å². The van der Waals surface area contributed by atoms with E-state index in [1.807, 2.05) is 49.4 Å². The first-order valence-corrected chi connectivity index (χ1v) is 8.52. The third-order valence-electron chi connectivity index (χ3n) is 3.69. The standard InChI is InChI=1S/C18H19N3O2S/c1-12-8-9-14(23-2)15-16(12)24-18(20-15)21-17(22)19-11-10-13-6-4-3-5-7-13/h3-9H,10-11H2,1-2H3,(H2,19,20,21,22). The number of carbonyl (C=O) groups is 1. The van der Waals surface area contributed by atoms with Gasteiger partial charge in [0, 0.05) is 6.54 Å². The highest BCUT2D eigenvalue weighted by Gasteiger charge is 2.12. The number of methoxy groups -OCH3 is 1. The zero-order chi connectivity index (χ0) is 16.9. The Bertz CT molecular complexity index is 846. The van der Waals surface area contributed by atoms with E-state index in [1.165, 1.54) is 16.9 Å². The van der Waals surface area contributed by atoms with E-state index in [2.05, 4.69) is 15.6 Å². The third kappa shape index (κ3) is 3.65. The second kappa shape index (κ2) is 7.31. The number of ether oxygens (including phenoxy) is 1. The number of aryl methyl sites for hydroxylation is 1. The van der Waals surface area contributed by atoms with E-state index in [0.717, 1.165) is 22.2 Å². The fraction of sp³-hybridized carbons (Fsp3) is 0.222. The van der Waals surface area contributed by atoms with Gasteiger partial charge >= 0.3 is 6.03 Å². The van der Waals surface area contributed by atoms with Gasteiger partial charge in [0.05, 0.1) is 11.8 Å². The average molecular weight is 341 g/mol. The maximum Gasteiger partial charge on any atom is 0.321 e. The molecule has 2 aromatic carbocycles. The van der Waals surface area contributed by atoms with Gasteiger partial charge in [-0.2, -0.15) is 0 Å². The summed E-state index contributed by atoms with van der Waals surface area (Å²) in [5.74, 6) is 0.712. The van der Waals surface area contributed by atoms with Crippen LogP contribution in [-0.2, 0) is 6.42 Å². The average Bonchev–Trinajstić information content (AvgIpc) is 3.01. The highest BCUT2D eigenvalue weighted by molar-refractivity contribution is 7.22.